The lowest BCUT2D eigenvalue weighted by molar-refractivity contribution is -0.120. The second-order valence-electron chi connectivity index (χ2n) is 4.38. The first-order chi connectivity index (χ1) is 9.65. The molecule has 0 aliphatic heterocycles. The highest BCUT2D eigenvalue weighted by molar-refractivity contribution is 9.10. The summed E-state index contributed by atoms with van der Waals surface area (Å²) in [5, 5.41) is 12.6. The van der Waals surface area contributed by atoms with Gasteiger partial charge in [0.15, 0.2) is 0 Å². The molecule has 0 fully saturated rings. The Morgan fingerprint density at radius 3 is 2.85 bits per heavy atom. The molecule has 1 unspecified atom stereocenters. The summed E-state index contributed by atoms with van der Waals surface area (Å²) in [5.41, 5.74) is 1.47. The SMILES string of the molecule is O=C(Cc1cccc(Br)c1)NCC(O)c1ccccn1. The molecule has 1 atom stereocenters. The molecule has 1 amide bonds. The lowest BCUT2D eigenvalue weighted by Crippen LogP contribution is -2.29. The van der Waals surface area contributed by atoms with Gasteiger partial charge in [0.1, 0.15) is 6.10 Å². The van der Waals surface area contributed by atoms with E-state index in [2.05, 4.69) is 26.2 Å². The van der Waals surface area contributed by atoms with Gasteiger partial charge in [0, 0.05) is 17.2 Å². The lowest BCUT2D eigenvalue weighted by Gasteiger charge is -2.11. The molecule has 5 heteroatoms. The van der Waals surface area contributed by atoms with E-state index in [1.54, 1.807) is 24.4 Å². The number of hydrogen-bond donors (Lipinski definition) is 2. The first kappa shape index (κ1) is 14.7. The van der Waals surface area contributed by atoms with Crippen LogP contribution in [-0.4, -0.2) is 22.5 Å². The highest BCUT2D eigenvalue weighted by Gasteiger charge is 2.10. The third-order valence-corrected chi connectivity index (χ3v) is 3.27. The van der Waals surface area contributed by atoms with Gasteiger partial charge in [0.05, 0.1) is 12.1 Å². The van der Waals surface area contributed by atoms with Crippen molar-refractivity contribution in [1.82, 2.24) is 10.3 Å². The van der Waals surface area contributed by atoms with E-state index in [1.165, 1.54) is 0 Å². The fourth-order valence-corrected chi connectivity index (χ4v) is 2.23. The Labute approximate surface area is 126 Å². The van der Waals surface area contributed by atoms with Crippen LogP contribution < -0.4 is 5.32 Å². The number of amides is 1. The van der Waals surface area contributed by atoms with Crippen LogP contribution in [0.2, 0.25) is 0 Å². The summed E-state index contributed by atoms with van der Waals surface area (Å²) >= 11 is 3.36. The van der Waals surface area contributed by atoms with Crippen LogP contribution in [0.4, 0.5) is 0 Å². The second-order valence-corrected chi connectivity index (χ2v) is 5.30. The van der Waals surface area contributed by atoms with Crippen LogP contribution in [0.1, 0.15) is 17.4 Å². The van der Waals surface area contributed by atoms with Gasteiger partial charge >= 0.3 is 0 Å². The molecule has 0 saturated heterocycles. The topological polar surface area (TPSA) is 62.2 Å². The first-order valence-electron chi connectivity index (χ1n) is 6.25. The number of rotatable bonds is 5. The van der Waals surface area contributed by atoms with Crippen LogP contribution in [0.15, 0.2) is 53.1 Å². The number of hydrogen-bond acceptors (Lipinski definition) is 3. The molecule has 2 rings (SSSR count). The molecule has 0 saturated carbocycles. The maximum Gasteiger partial charge on any atom is 0.224 e. The summed E-state index contributed by atoms with van der Waals surface area (Å²) in [7, 11) is 0. The Morgan fingerprint density at radius 1 is 1.30 bits per heavy atom. The first-order valence-corrected chi connectivity index (χ1v) is 7.04. The molecule has 20 heavy (non-hydrogen) atoms. The predicted octanol–water partition coefficient (Wildman–Crippen LogP) is 2.24. The van der Waals surface area contributed by atoms with Crippen molar-refractivity contribution >= 4 is 21.8 Å². The molecule has 2 aromatic rings. The second kappa shape index (κ2) is 7.17. The molecule has 0 radical (unpaired) electrons. The maximum atomic E-state index is 11.8. The largest absolute Gasteiger partial charge is 0.385 e. The van der Waals surface area contributed by atoms with Gasteiger partial charge in [-0.15, -0.1) is 0 Å². The molecule has 4 nitrogen and oxygen atoms in total. The van der Waals surface area contributed by atoms with Gasteiger partial charge in [-0.25, -0.2) is 0 Å². The number of aliphatic hydroxyl groups is 1. The Balaban J connectivity index is 1.83. The Bertz CT molecular complexity index is 575. The molecular formula is C15H15BrN2O2. The van der Waals surface area contributed by atoms with Gasteiger partial charge in [-0.05, 0) is 29.8 Å². The van der Waals surface area contributed by atoms with Crippen LogP contribution in [0.5, 0.6) is 0 Å². The summed E-state index contributed by atoms with van der Waals surface area (Å²) in [6.07, 6.45) is 1.11. The number of aromatic nitrogens is 1. The summed E-state index contributed by atoms with van der Waals surface area (Å²) in [6.45, 7) is 0.157. The Hall–Kier alpha value is -1.72. The van der Waals surface area contributed by atoms with Crippen molar-refractivity contribution in [3.05, 3.63) is 64.4 Å². The number of nitrogens with one attached hydrogen (secondary N) is 1. The number of aliphatic hydroxyl groups excluding tert-OH is 1. The smallest absolute Gasteiger partial charge is 0.224 e. The van der Waals surface area contributed by atoms with Gasteiger partial charge < -0.3 is 10.4 Å². The summed E-state index contributed by atoms with van der Waals surface area (Å²) in [5.74, 6) is -0.127. The fourth-order valence-electron chi connectivity index (χ4n) is 1.78. The predicted molar refractivity (Wildman–Crippen MR) is 80.1 cm³/mol. The molecule has 0 bridgehead atoms. The van der Waals surface area contributed by atoms with Crippen molar-refractivity contribution in [2.75, 3.05) is 6.54 Å². The Morgan fingerprint density at radius 2 is 2.15 bits per heavy atom. The normalized spacial score (nSPS) is 11.9. The number of halogens is 1. The number of carbonyl (C=O) groups excluding carboxylic acids is 1. The molecular weight excluding hydrogens is 320 g/mol. The number of nitrogens with zero attached hydrogens (tertiary/aromatic N) is 1. The quantitative estimate of drug-likeness (QED) is 0.881. The van der Waals surface area contributed by atoms with Gasteiger partial charge in [-0.3, -0.25) is 9.78 Å². The van der Waals surface area contributed by atoms with E-state index >= 15 is 0 Å². The van der Waals surface area contributed by atoms with Crippen molar-refractivity contribution in [3.63, 3.8) is 0 Å². The molecule has 1 aromatic carbocycles. The van der Waals surface area contributed by atoms with Crippen LogP contribution in [-0.2, 0) is 11.2 Å². The molecule has 2 N–H and O–H groups in total. The van der Waals surface area contributed by atoms with Crippen molar-refractivity contribution in [2.24, 2.45) is 0 Å². The van der Waals surface area contributed by atoms with Gasteiger partial charge in [-0.2, -0.15) is 0 Å². The summed E-state index contributed by atoms with van der Waals surface area (Å²) in [4.78, 5) is 15.8. The van der Waals surface area contributed by atoms with Gasteiger partial charge in [0.2, 0.25) is 5.91 Å². The number of carbonyl (C=O) groups is 1. The minimum atomic E-state index is -0.789. The van der Waals surface area contributed by atoms with Crippen molar-refractivity contribution in [2.45, 2.75) is 12.5 Å². The van der Waals surface area contributed by atoms with Crippen molar-refractivity contribution in [1.29, 1.82) is 0 Å². The number of benzene rings is 1. The van der Waals surface area contributed by atoms with E-state index in [0.717, 1.165) is 10.0 Å². The van der Waals surface area contributed by atoms with E-state index in [-0.39, 0.29) is 18.9 Å². The van der Waals surface area contributed by atoms with E-state index in [4.69, 9.17) is 0 Å². The fraction of sp³-hybridized carbons (Fsp3) is 0.200. The zero-order chi connectivity index (χ0) is 14.4. The monoisotopic (exact) mass is 334 g/mol. The van der Waals surface area contributed by atoms with Gasteiger partial charge in [0.25, 0.3) is 0 Å². The van der Waals surface area contributed by atoms with Gasteiger partial charge in [-0.1, -0.05) is 34.1 Å². The molecule has 104 valence electrons. The highest BCUT2D eigenvalue weighted by Crippen LogP contribution is 2.12. The molecule has 1 aromatic heterocycles. The summed E-state index contributed by atoms with van der Waals surface area (Å²) in [6, 6.07) is 12.9. The zero-order valence-corrected chi connectivity index (χ0v) is 12.4. The highest BCUT2D eigenvalue weighted by atomic mass is 79.9. The minimum Gasteiger partial charge on any atom is -0.385 e. The minimum absolute atomic E-state index is 0.127. The van der Waals surface area contributed by atoms with Crippen LogP contribution >= 0.6 is 15.9 Å². The average molecular weight is 335 g/mol. The Kier molecular flexibility index (Phi) is 5.26. The van der Waals surface area contributed by atoms with Crippen LogP contribution in [0, 0.1) is 0 Å². The molecule has 0 spiro atoms. The van der Waals surface area contributed by atoms with Crippen molar-refractivity contribution in [3.8, 4) is 0 Å². The number of pyridine rings is 1. The molecule has 1 heterocycles. The third kappa shape index (κ3) is 4.43. The zero-order valence-electron chi connectivity index (χ0n) is 10.8. The lowest BCUT2D eigenvalue weighted by atomic mass is 10.1. The molecule has 0 aliphatic carbocycles. The van der Waals surface area contributed by atoms with E-state index in [0.29, 0.717) is 5.69 Å². The van der Waals surface area contributed by atoms with E-state index < -0.39 is 6.10 Å². The van der Waals surface area contributed by atoms with E-state index in [9.17, 15) is 9.90 Å². The summed E-state index contributed by atoms with van der Waals surface area (Å²) < 4.78 is 0.941. The third-order valence-electron chi connectivity index (χ3n) is 2.78. The molecule has 0 aliphatic rings. The average Bonchev–Trinajstić information content (AvgIpc) is 2.46. The van der Waals surface area contributed by atoms with E-state index in [1.807, 2.05) is 24.3 Å². The maximum absolute atomic E-state index is 11.8. The van der Waals surface area contributed by atoms with Crippen molar-refractivity contribution < 1.29 is 9.90 Å². The standard InChI is InChI=1S/C15H15BrN2O2/c16-12-5-3-4-11(8-12)9-15(20)18-10-14(19)13-6-1-2-7-17-13/h1-8,14,19H,9-10H2,(H,18,20). The van der Waals surface area contributed by atoms with Crippen LogP contribution in [0.25, 0.3) is 0 Å². The van der Waals surface area contributed by atoms with Crippen LogP contribution in [0.3, 0.4) is 0 Å².